The van der Waals surface area contributed by atoms with Crippen molar-refractivity contribution in [3.05, 3.63) is 58.6 Å². The van der Waals surface area contributed by atoms with E-state index in [1.54, 1.807) is 36.7 Å². The number of benzene rings is 1. The molecule has 126 valence electrons. The van der Waals surface area contributed by atoms with Crippen LogP contribution in [0.25, 0.3) is 22.0 Å². The molecule has 0 aliphatic rings. The number of fused-ring (bicyclic) bond motifs is 2. The number of methoxy groups -OCH3 is 1. The molecule has 0 aliphatic carbocycles. The summed E-state index contributed by atoms with van der Waals surface area (Å²) in [6, 6.07) is 7.30. The second-order valence-corrected chi connectivity index (χ2v) is 6.98. The molecule has 0 saturated carbocycles. The van der Waals surface area contributed by atoms with Crippen molar-refractivity contribution in [3.8, 4) is 5.75 Å². The zero-order valence-electron chi connectivity index (χ0n) is 14.1. The highest BCUT2D eigenvalue weighted by atomic mass is 32.1. The van der Waals surface area contributed by atoms with Crippen molar-refractivity contribution in [1.82, 2.24) is 9.38 Å². The maximum atomic E-state index is 12.5. The average Bonchev–Trinajstić information content (AvgIpc) is 3.24. The number of aromatic nitrogens is 2. The van der Waals surface area contributed by atoms with Gasteiger partial charge < -0.3 is 9.15 Å². The van der Waals surface area contributed by atoms with Crippen LogP contribution in [0.15, 0.2) is 41.0 Å². The summed E-state index contributed by atoms with van der Waals surface area (Å²) in [5.41, 5.74) is 2.38. The van der Waals surface area contributed by atoms with Crippen LogP contribution in [0, 0.1) is 13.8 Å². The third-order valence-corrected chi connectivity index (χ3v) is 4.92. The summed E-state index contributed by atoms with van der Waals surface area (Å²) in [5, 5.41) is 0.840. The molecule has 0 aliphatic heterocycles. The lowest BCUT2D eigenvalue weighted by atomic mass is 10.2. The molecule has 6 heteroatoms. The lowest BCUT2D eigenvalue weighted by Gasteiger charge is -1.98. The highest BCUT2D eigenvalue weighted by Crippen LogP contribution is 2.29. The normalized spacial score (nSPS) is 11.8. The Morgan fingerprint density at radius 3 is 3.00 bits per heavy atom. The van der Waals surface area contributed by atoms with Gasteiger partial charge in [0.15, 0.2) is 22.1 Å². The summed E-state index contributed by atoms with van der Waals surface area (Å²) in [7, 11) is 1.58. The molecule has 0 N–H and O–H groups in total. The van der Waals surface area contributed by atoms with Crippen LogP contribution < -0.4 is 4.74 Å². The van der Waals surface area contributed by atoms with Gasteiger partial charge in [-0.05, 0) is 38.1 Å². The van der Waals surface area contributed by atoms with E-state index in [4.69, 9.17) is 9.15 Å². The second-order valence-electron chi connectivity index (χ2n) is 5.76. The number of imidazole rings is 1. The molecule has 0 saturated heterocycles. The number of carbonyl (C=O) groups excluding carboxylic acids is 1. The van der Waals surface area contributed by atoms with Gasteiger partial charge in [-0.2, -0.15) is 0 Å². The molecule has 0 spiro atoms. The molecule has 25 heavy (non-hydrogen) atoms. The predicted octanol–water partition coefficient (Wildman–Crippen LogP) is 4.66. The minimum atomic E-state index is -0.195. The number of rotatable bonds is 4. The average molecular weight is 352 g/mol. The summed E-state index contributed by atoms with van der Waals surface area (Å²) >= 11 is 1.63. The van der Waals surface area contributed by atoms with Crippen molar-refractivity contribution >= 4 is 39.1 Å². The third-order valence-electron chi connectivity index (χ3n) is 4.03. The fourth-order valence-electron chi connectivity index (χ4n) is 2.84. The zero-order valence-corrected chi connectivity index (χ0v) is 14.9. The van der Waals surface area contributed by atoms with Gasteiger partial charge in [0.2, 0.25) is 5.78 Å². The minimum Gasteiger partial charge on any atom is -0.493 e. The molecule has 0 amide bonds. The standard InChI is InChI=1S/C19H16N2O3S/c1-11-10-21-14(12(2)20-19(21)25-11)7-8-15(22)17-9-13-5-4-6-16(23-3)18(13)24-17/h4-10H,1-3H3. The van der Waals surface area contributed by atoms with Gasteiger partial charge in [-0.3, -0.25) is 9.20 Å². The zero-order chi connectivity index (χ0) is 17.6. The molecule has 3 aromatic heterocycles. The van der Waals surface area contributed by atoms with Crippen molar-refractivity contribution in [2.45, 2.75) is 13.8 Å². The van der Waals surface area contributed by atoms with Crippen molar-refractivity contribution in [2.75, 3.05) is 7.11 Å². The summed E-state index contributed by atoms with van der Waals surface area (Å²) in [6.45, 7) is 3.97. The molecule has 0 atom stereocenters. The molecule has 0 bridgehead atoms. The molecule has 0 radical (unpaired) electrons. The first-order valence-electron chi connectivity index (χ1n) is 7.81. The van der Waals surface area contributed by atoms with Crippen LogP contribution in [0.4, 0.5) is 0 Å². The Labute approximate surface area is 148 Å². The molecule has 0 unspecified atom stereocenters. The van der Waals surface area contributed by atoms with Crippen molar-refractivity contribution in [1.29, 1.82) is 0 Å². The Balaban J connectivity index is 1.69. The first-order chi connectivity index (χ1) is 12.1. The fourth-order valence-corrected chi connectivity index (χ4v) is 3.72. The number of hydrogen-bond donors (Lipinski definition) is 0. The smallest absolute Gasteiger partial charge is 0.221 e. The largest absolute Gasteiger partial charge is 0.493 e. The number of thiazole rings is 1. The Morgan fingerprint density at radius 1 is 1.36 bits per heavy atom. The Kier molecular flexibility index (Phi) is 3.69. The highest BCUT2D eigenvalue weighted by Gasteiger charge is 2.14. The van der Waals surface area contributed by atoms with Crippen LogP contribution in [0.5, 0.6) is 5.75 Å². The molecular formula is C19H16N2O3S. The van der Waals surface area contributed by atoms with Crippen LogP contribution in [0.1, 0.15) is 26.8 Å². The monoisotopic (exact) mass is 352 g/mol. The third kappa shape index (κ3) is 2.64. The van der Waals surface area contributed by atoms with E-state index in [1.165, 1.54) is 11.0 Å². The maximum Gasteiger partial charge on any atom is 0.221 e. The molecule has 0 fully saturated rings. The SMILES string of the molecule is COc1cccc2cc(C(=O)C=Cc3c(C)nc4sc(C)cn34)oc12. The number of nitrogens with zero attached hydrogens (tertiary/aromatic N) is 2. The summed E-state index contributed by atoms with van der Waals surface area (Å²) in [5.74, 6) is 0.706. The summed E-state index contributed by atoms with van der Waals surface area (Å²) in [4.78, 5) is 19.1. The van der Waals surface area contributed by atoms with Gasteiger partial charge >= 0.3 is 0 Å². The number of carbonyl (C=O) groups is 1. The number of para-hydroxylation sites is 1. The van der Waals surface area contributed by atoms with Crippen LogP contribution in [0.2, 0.25) is 0 Å². The van der Waals surface area contributed by atoms with E-state index in [9.17, 15) is 4.79 Å². The van der Waals surface area contributed by atoms with Gasteiger partial charge in [0, 0.05) is 16.5 Å². The number of aryl methyl sites for hydroxylation is 2. The van der Waals surface area contributed by atoms with E-state index in [-0.39, 0.29) is 11.5 Å². The Morgan fingerprint density at radius 2 is 2.20 bits per heavy atom. The van der Waals surface area contributed by atoms with E-state index in [0.717, 1.165) is 21.7 Å². The minimum absolute atomic E-state index is 0.195. The topological polar surface area (TPSA) is 56.7 Å². The van der Waals surface area contributed by atoms with Gasteiger partial charge in [0.25, 0.3) is 0 Å². The van der Waals surface area contributed by atoms with Gasteiger partial charge in [-0.25, -0.2) is 4.98 Å². The van der Waals surface area contributed by atoms with E-state index >= 15 is 0 Å². The molecule has 4 rings (SSSR count). The maximum absolute atomic E-state index is 12.5. The van der Waals surface area contributed by atoms with E-state index in [1.807, 2.05) is 36.6 Å². The first-order valence-corrected chi connectivity index (χ1v) is 8.62. The number of furan rings is 1. The fraction of sp³-hybridized carbons (Fsp3) is 0.158. The van der Waals surface area contributed by atoms with Crippen molar-refractivity contribution < 1.29 is 13.9 Å². The Bertz CT molecular complexity index is 1130. The van der Waals surface area contributed by atoms with Crippen molar-refractivity contribution in [3.63, 3.8) is 0 Å². The van der Waals surface area contributed by atoms with E-state index in [0.29, 0.717) is 11.3 Å². The Hall–Kier alpha value is -2.86. The lowest BCUT2D eigenvalue weighted by Crippen LogP contribution is -1.92. The quantitative estimate of drug-likeness (QED) is 0.396. The van der Waals surface area contributed by atoms with Crippen LogP contribution in [-0.2, 0) is 0 Å². The number of ketones is 1. The second kappa shape index (κ2) is 5.89. The molecular weight excluding hydrogens is 336 g/mol. The highest BCUT2D eigenvalue weighted by molar-refractivity contribution is 7.17. The van der Waals surface area contributed by atoms with Crippen LogP contribution in [-0.4, -0.2) is 22.3 Å². The van der Waals surface area contributed by atoms with Crippen LogP contribution in [0.3, 0.4) is 0 Å². The van der Waals surface area contributed by atoms with Gasteiger partial charge in [0.1, 0.15) is 0 Å². The number of ether oxygens (including phenoxy) is 1. The van der Waals surface area contributed by atoms with Gasteiger partial charge in [0.05, 0.1) is 18.5 Å². The molecule has 5 nitrogen and oxygen atoms in total. The number of allylic oxidation sites excluding steroid dienone is 1. The van der Waals surface area contributed by atoms with Crippen LogP contribution >= 0.6 is 11.3 Å². The summed E-state index contributed by atoms with van der Waals surface area (Å²) in [6.07, 6.45) is 5.33. The molecule has 1 aromatic carbocycles. The molecule has 4 aromatic rings. The van der Waals surface area contributed by atoms with Gasteiger partial charge in [-0.1, -0.05) is 12.1 Å². The molecule has 3 heterocycles. The van der Waals surface area contributed by atoms with Gasteiger partial charge in [-0.15, -0.1) is 11.3 Å². The first kappa shape index (κ1) is 15.7. The summed E-state index contributed by atoms with van der Waals surface area (Å²) < 4.78 is 13.0. The van der Waals surface area contributed by atoms with Crippen molar-refractivity contribution in [2.24, 2.45) is 0 Å². The van der Waals surface area contributed by atoms with E-state index in [2.05, 4.69) is 4.98 Å². The van der Waals surface area contributed by atoms with E-state index < -0.39 is 0 Å². The predicted molar refractivity (Wildman–Crippen MR) is 98.7 cm³/mol. The lowest BCUT2D eigenvalue weighted by molar-refractivity contribution is 0.102. The number of hydrogen-bond acceptors (Lipinski definition) is 5.